The number of benzene rings is 1. The number of aliphatic carboxylic acids is 1. The van der Waals surface area contributed by atoms with E-state index in [2.05, 4.69) is 20.9 Å². The van der Waals surface area contributed by atoms with Gasteiger partial charge in [-0.1, -0.05) is 18.2 Å². The molecule has 168 valence electrons. The molecule has 0 aliphatic heterocycles. The topological polar surface area (TPSA) is 166 Å². The first-order valence-corrected chi connectivity index (χ1v) is 11.1. The van der Waals surface area contributed by atoms with E-state index in [-0.39, 0.29) is 13.0 Å². The Morgan fingerprint density at radius 1 is 1.13 bits per heavy atom. The van der Waals surface area contributed by atoms with Crippen LogP contribution in [0.15, 0.2) is 30.5 Å². The molecule has 1 aromatic carbocycles. The molecule has 1 aromatic heterocycles. The molecular weight excluding hydrogens is 422 g/mol. The summed E-state index contributed by atoms with van der Waals surface area (Å²) in [6.45, 7) is -0.664. The molecule has 3 amide bonds. The van der Waals surface area contributed by atoms with E-state index < -0.39 is 42.3 Å². The molecular formula is C20H27N5O5S. The summed E-state index contributed by atoms with van der Waals surface area (Å²) in [5, 5.41) is 17.8. The molecule has 0 saturated heterocycles. The van der Waals surface area contributed by atoms with Crippen LogP contribution in [-0.4, -0.2) is 71.0 Å². The standard InChI is InChI=1S/C20H27N5O5S/c1-31-7-6-15(24-17(26)9-21)19(28)23-11-18(27)25-16(20(29)30)8-12-10-22-14-5-3-2-4-13(12)14/h2-5,10,15-16,22H,6-9,11,21H2,1H3,(H,23,28)(H,24,26)(H,25,27)(H,29,30). The first kappa shape index (κ1) is 24.2. The molecule has 2 aromatic rings. The Hall–Kier alpha value is -3.05. The van der Waals surface area contributed by atoms with E-state index >= 15 is 0 Å². The maximum absolute atomic E-state index is 12.4. The minimum Gasteiger partial charge on any atom is -0.480 e. The Kier molecular flexibility index (Phi) is 9.35. The highest BCUT2D eigenvalue weighted by Crippen LogP contribution is 2.19. The number of hydrogen-bond acceptors (Lipinski definition) is 6. The van der Waals surface area contributed by atoms with Crippen LogP contribution in [0.3, 0.4) is 0 Å². The van der Waals surface area contributed by atoms with Gasteiger partial charge in [-0.05, 0) is 30.1 Å². The zero-order valence-corrected chi connectivity index (χ0v) is 18.0. The van der Waals surface area contributed by atoms with Crippen molar-refractivity contribution in [1.29, 1.82) is 0 Å². The van der Waals surface area contributed by atoms with E-state index in [1.54, 1.807) is 6.20 Å². The number of carbonyl (C=O) groups is 4. The van der Waals surface area contributed by atoms with Crippen LogP contribution in [0.1, 0.15) is 12.0 Å². The predicted octanol–water partition coefficient (Wildman–Crippen LogP) is -0.407. The summed E-state index contributed by atoms with van der Waals surface area (Å²) in [6, 6.07) is 5.47. The van der Waals surface area contributed by atoms with Gasteiger partial charge in [-0.2, -0.15) is 11.8 Å². The van der Waals surface area contributed by atoms with Gasteiger partial charge in [0.15, 0.2) is 0 Å². The lowest BCUT2D eigenvalue weighted by atomic mass is 10.0. The van der Waals surface area contributed by atoms with Gasteiger partial charge in [-0.25, -0.2) is 4.79 Å². The number of amides is 3. The van der Waals surface area contributed by atoms with Crippen molar-refractivity contribution in [2.24, 2.45) is 5.73 Å². The van der Waals surface area contributed by atoms with E-state index in [1.807, 2.05) is 30.5 Å². The van der Waals surface area contributed by atoms with Crippen LogP contribution in [-0.2, 0) is 25.6 Å². The minimum atomic E-state index is -1.18. The lowest BCUT2D eigenvalue weighted by Gasteiger charge is -2.18. The van der Waals surface area contributed by atoms with Crippen LogP contribution < -0.4 is 21.7 Å². The Morgan fingerprint density at radius 2 is 1.84 bits per heavy atom. The minimum absolute atomic E-state index is 0.0853. The van der Waals surface area contributed by atoms with Gasteiger partial charge in [-0.3, -0.25) is 14.4 Å². The number of fused-ring (bicyclic) bond motifs is 1. The number of thioether (sulfide) groups is 1. The number of carboxylic acids is 1. The highest BCUT2D eigenvalue weighted by molar-refractivity contribution is 7.98. The van der Waals surface area contributed by atoms with Gasteiger partial charge in [0.05, 0.1) is 13.1 Å². The average molecular weight is 450 g/mol. The SMILES string of the molecule is CSCCC(NC(=O)CN)C(=O)NCC(=O)NC(Cc1c[nH]c2ccccc12)C(=O)O. The third-order valence-corrected chi connectivity index (χ3v) is 5.25. The van der Waals surface area contributed by atoms with Crippen LogP contribution >= 0.6 is 11.8 Å². The third kappa shape index (κ3) is 7.30. The van der Waals surface area contributed by atoms with Crippen LogP contribution in [0, 0.1) is 0 Å². The molecule has 0 fully saturated rings. The molecule has 0 aliphatic rings. The summed E-state index contributed by atoms with van der Waals surface area (Å²) in [5.41, 5.74) is 6.90. The van der Waals surface area contributed by atoms with Gasteiger partial charge in [0.25, 0.3) is 0 Å². The number of hydrogen-bond donors (Lipinski definition) is 6. The highest BCUT2D eigenvalue weighted by atomic mass is 32.2. The van der Waals surface area contributed by atoms with Crippen molar-refractivity contribution in [1.82, 2.24) is 20.9 Å². The normalized spacial score (nSPS) is 12.7. The Labute approximate surface area is 183 Å². The number of carbonyl (C=O) groups excluding carboxylic acids is 3. The van der Waals surface area contributed by atoms with Gasteiger partial charge in [0.2, 0.25) is 17.7 Å². The average Bonchev–Trinajstić information content (AvgIpc) is 3.17. The number of carboxylic acid groups (broad SMARTS) is 1. The number of H-pyrrole nitrogens is 1. The number of nitrogens with two attached hydrogens (primary N) is 1. The van der Waals surface area contributed by atoms with E-state index in [4.69, 9.17) is 5.73 Å². The lowest BCUT2D eigenvalue weighted by Crippen LogP contribution is -2.52. The second-order valence-corrected chi connectivity index (χ2v) is 7.83. The van der Waals surface area contributed by atoms with Crippen LogP contribution in [0.25, 0.3) is 10.9 Å². The fraction of sp³-hybridized carbons (Fsp3) is 0.400. The molecule has 0 spiro atoms. The fourth-order valence-electron chi connectivity index (χ4n) is 3.01. The van der Waals surface area contributed by atoms with E-state index in [0.29, 0.717) is 12.2 Å². The fourth-order valence-corrected chi connectivity index (χ4v) is 3.49. The largest absolute Gasteiger partial charge is 0.480 e. The highest BCUT2D eigenvalue weighted by Gasteiger charge is 2.24. The summed E-state index contributed by atoms with van der Waals surface area (Å²) in [4.78, 5) is 50.8. The van der Waals surface area contributed by atoms with Crippen molar-refractivity contribution in [2.75, 3.05) is 25.1 Å². The molecule has 2 atom stereocenters. The van der Waals surface area contributed by atoms with E-state index in [9.17, 15) is 24.3 Å². The molecule has 0 radical (unpaired) electrons. The van der Waals surface area contributed by atoms with Gasteiger partial charge in [0, 0.05) is 23.5 Å². The first-order valence-electron chi connectivity index (χ1n) is 9.69. The number of para-hydroxylation sites is 1. The maximum atomic E-state index is 12.4. The van der Waals surface area contributed by atoms with Crippen molar-refractivity contribution in [2.45, 2.75) is 24.9 Å². The van der Waals surface area contributed by atoms with Crippen LogP contribution in [0.2, 0.25) is 0 Å². The molecule has 11 heteroatoms. The number of aromatic amines is 1. The van der Waals surface area contributed by atoms with Crippen molar-refractivity contribution in [3.8, 4) is 0 Å². The molecule has 2 unspecified atom stereocenters. The summed E-state index contributed by atoms with van der Waals surface area (Å²) in [5.74, 6) is -2.21. The monoisotopic (exact) mass is 449 g/mol. The maximum Gasteiger partial charge on any atom is 0.326 e. The summed E-state index contributed by atoms with van der Waals surface area (Å²) in [6.07, 6.45) is 4.04. The van der Waals surface area contributed by atoms with Crippen LogP contribution in [0.4, 0.5) is 0 Å². The molecule has 31 heavy (non-hydrogen) atoms. The molecule has 0 aliphatic carbocycles. The van der Waals surface area contributed by atoms with E-state index in [0.717, 1.165) is 16.5 Å². The zero-order chi connectivity index (χ0) is 22.8. The second kappa shape index (κ2) is 12.0. The Balaban J connectivity index is 1.94. The quantitative estimate of drug-likeness (QED) is 0.256. The van der Waals surface area contributed by atoms with E-state index in [1.165, 1.54) is 11.8 Å². The van der Waals surface area contributed by atoms with Crippen molar-refractivity contribution >= 4 is 46.4 Å². The Bertz CT molecular complexity index is 932. The molecule has 10 nitrogen and oxygen atoms in total. The van der Waals surface area contributed by atoms with Crippen molar-refractivity contribution in [3.63, 3.8) is 0 Å². The first-order chi connectivity index (χ1) is 14.8. The molecule has 7 N–H and O–H groups in total. The summed E-state index contributed by atoms with van der Waals surface area (Å²) in [7, 11) is 0. The number of aromatic nitrogens is 1. The second-order valence-electron chi connectivity index (χ2n) is 6.85. The van der Waals surface area contributed by atoms with Gasteiger partial charge < -0.3 is 31.8 Å². The molecule has 0 bridgehead atoms. The summed E-state index contributed by atoms with van der Waals surface area (Å²) < 4.78 is 0. The van der Waals surface area contributed by atoms with Crippen molar-refractivity contribution in [3.05, 3.63) is 36.0 Å². The smallest absolute Gasteiger partial charge is 0.326 e. The molecule has 0 saturated carbocycles. The third-order valence-electron chi connectivity index (χ3n) is 4.60. The lowest BCUT2D eigenvalue weighted by molar-refractivity contribution is -0.141. The zero-order valence-electron chi connectivity index (χ0n) is 17.1. The Morgan fingerprint density at radius 3 is 2.52 bits per heavy atom. The summed E-state index contributed by atoms with van der Waals surface area (Å²) >= 11 is 1.51. The number of nitrogens with one attached hydrogen (secondary N) is 4. The van der Waals surface area contributed by atoms with Gasteiger partial charge in [0.1, 0.15) is 12.1 Å². The van der Waals surface area contributed by atoms with Crippen LogP contribution in [0.5, 0.6) is 0 Å². The predicted molar refractivity (Wildman–Crippen MR) is 119 cm³/mol. The van der Waals surface area contributed by atoms with Crippen molar-refractivity contribution < 1.29 is 24.3 Å². The number of rotatable bonds is 12. The molecule has 2 rings (SSSR count). The molecule has 1 heterocycles. The van der Waals surface area contributed by atoms with Gasteiger partial charge >= 0.3 is 5.97 Å². The van der Waals surface area contributed by atoms with Gasteiger partial charge in [-0.15, -0.1) is 0 Å².